The van der Waals surface area contributed by atoms with Gasteiger partial charge in [-0.1, -0.05) is 12.1 Å². The van der Waals surface area contributed by atoms with Crippen LogP contribution in [0.1, 0.15) is 24.9 Å². The van der Waals surface area contributed by atoms with Gasteiger partial charge in [0.2, 0.25) is 0 Å². The van der Waals surface area contributed by atoms with Crippen molar-refractivity contribution in [1.82, 2.24) is 24.5 Å². The van der Waals surface area contributed by atoms with E-state index in [-0.39, 0.29) is 17.8 Å². The van der Waals surface area contributed by atoms with Crippen molar-refractivity contribution in [3.05, 3.63) is 54.0 Å². The van der Waals surface area contributed by atoms with Crippen LogP contribution in [-0.2, 0) is 0 Å². The van der Waals surface area contributed by atoms with E-state index >= 15 is 0 Å². The fourth-order valence-corrected chi connectivity index (χ4v) is 4.11. The molecule has 0 amide bonds. The summed E-state index contributed by atoms with van der Waals surface area (Å²) in [6, 6.07) is 11.2. The lowest BCUT2D eigenvalue weighted by Gasteiger charge is -2.24. The minimum absolute atomic E-state index is 0.165. The summed E-state index contributed by atoms with van der Waals surface area (Å²) in [6.45, 7) is 4.09. The van der Waals surface area contributed by atoms with Gasteiger partial charge in [0.15, 0.2) is 23.0 Å². The number of nitrogens with two attached hydrogens (primary N) is 1. The Kier molecular flexibility index (Phi) is 4.60. The third-order valence-corrected chi connectivity index (χ3v) is 5.90. The minimum atomic E-state index is -0.410. The number of pyridine rings is 2. The van der Waals surface area contributed by atoms with Gasteiger partial charge in [-0.3, -0.25) is 9.30 Å². The second-order valence-electron chi connectivity index (χ2n) is 7.81. The van der Waals surface area contributed by atoms with Gasteiger partial charge in [-0.15, -0.1) is 10.2 Å². The lowest BCUT2D eigenvalue weighted by Crippen LogP contribution is -2.28. The van der Waals surface area contributed by atoms with Gasteiger partial charge in [-0.05, 0) is 37.1 Å². The smallest absolute Gasteiger partial charge is 0.187 e. The summed E-state index contributed by atoms with van der Waals surface area (Å²) >= 11 is 0. The zero-order valence-electron chi connectivity index (χ0n) is 16.9. The monoisotopic (exact) mass is 406 g/mol. The van der Waals surface area contributed by atoms with Gasteiger partial charge in [0.05, 0.1) is 12.6 Å². The Morgan fingerprint density at radius 3 is 2.83 bits per heavy atom. The quantitative estimate of drug-likeness (QED) is 0.561. The van der Waals surface area contributed by atoms with Crippen LogP contribution in [0.2, 0.25) is 0 Å². The summed E-state index contributed by atoms with van der Waals surface area (Å²) in [5.41, 5.74) is 9.30. The first kappa shape index (κ1) is 18.9. The van der Waals surface area contributed by atoms with Gasteiger partial charge in [0, 0.05) is 42.8 Å². The second-order valence-corrected chi connectivity index (χ2v) is 7.81. The highest BCUT2D eigenvalue weighted by Gasteiger charge is 2.25. The summed E-state index contributed by atoms with van der Waals surface area (Å²) in [4.78, 5) is 7.08. The number of hydrogen-bond donors (Lipinski definition) is 1. The number of rotatable bonds is 4. The highest BCUT2D eigenvalue weighted by Crippen LogP contribution is 2.28. The molecule has 8 heteroatoms. The molecule has 1 aliphatic heterocycles. The molecular formula is C22H23FN6O. The molecule has 1 fully saturated rings. The molecule has 0 spiro atoms. The zero-order valence-corrected chi connectivity index (χ0v) is 16.9. The number of fused-ring (bicyclic) bond motifs is 2. The van der Waals surface area contributed by atoms with Crippen molar-refractivity contribution < 1.29 is 9.13 Å². The van der Waals surface area contributed by atoms with E-state index in [0.717, 1.165) is 25.2 Å². The number of benzene rings is 1. The molecule has 2 atom stereocenters. The highest BCUT2D eigenvalue weighted by atomic mass is 19.1. The number of halogens is 1. The average molecular weight is 406 g/mol. The van der Waals surface area contributed by atoms with Gasteiger partial charge >= 0.3 is 0 Å². The van der Waals surface area contributed by atoms with Crippen molar-refractivity contribution >= 4 is 16.6 Å². The Morgan fingerprint density at radius 2 is 2.07 bits per heavy atom. The minimum Gasteiger partial charge on any atom is -0.494 e. The van der Waals surface area contributed by atoms with Crippen molar-refractivity contribution in [2.24, 2.45) is 5.73 Å². The average Bonchev–Trinajstić information content (AvgIpc) is 3.38. The molecule has 30 heavy (non-hydrogen) atoms. The Morgan fingerprint density at radius 1 is 1.20 bits per heavy atom. The van der Waals surface area contributed by atoms with Crippen LogP contribution in [0.4, 0.5) is 4.39 Å². The molecular weight excluding hydrogens is 383 g/mol. The topological polar surface area (TPSA) is 81.6 Å². The lowest BCUT2D eigenvalue weighted by molar-refractivity contribution is 0.259. The lowest BCUT2D eigenvalue weighted by atomic mass is 10.1. The van der Waals surface area contributed by atoms with Crippen molar-refractivity contribution in [2.75, 3.05) is 20.2 Å². The highest BCUT2D eigenvalue weighted by molar-refractivity contribution is 5.82. The van der Waals surface area contributed by atoms with E-state index in [4.69, 9.17) is 10.5 Å². The zero-order chi connectivity index (χ0) is 20.8. The first-order chi connectivity index (χ1) is 14.5. The molecule has 0 radical (unpaired) electrons. The molecule has 1 saturated heterocycles. The summed E-state index contributed by atoms with van der Waals surface area (Å²) in [5, 5.41) is 9.34. The molecule has 5 rings (SSSR count). The van der Waals surface area contributed by atoms with Crippen LogP contribution in [-0.4, -0.2) is 50.7 Å². The fourth-order valence-electron chi connectivity index (χ4n) is 4.11. The Hall–Kier alpha value is -3.10. The van der Waals surface area contributed by atoms with Gasteiger partial charge in [0.1, 0.15) is 5.69 Å². The van der Waals surface area contributed by atoms with Crippen LogP contribution in [0, 0.1) is 5.82 Å². The number of likely N-dealkylation sites (tertiary alicyclic amines) is 1. The van der Waals surface area contributed by atoms with Gasteiger partial charge in [-0.25, -0.2) is 9.37 Å². The molecule has 2 N–H and O–H groups in total. The van der Waals surface area contributed by atoms with E-state index in [1.165, 1.54) is 18.7 Å². The van der Waals surface area contributed by atoms with Gasteiger partial charge in [0.25, 0.3) is 0 Å². The summed E-state index contributed by atoms with van der Waals surface area (Å²) in [5.74, 6) is 0.397. The third-order valence-electron chi connectivity index (χ3n) is 5.90. The van der Waals surface area contributed by atoms with Crippen LogP contribution in [0.25, 0.3) is 28.1 Å². The molecule has 0 saturated carbocycles. The number of nitrogens with zero attached hydrogens (tertiary/aromatic N) is 5. The summed E-state index contributed by atoms with van der Waals surface area (Å²) < 4.78 is 21.0. The largest absolute Gasteiger partial charge is 0.494 e. The van der Waals surface area contributed by atoms with E-state index in [2.05, 4.69) is 39.3 Å². The Labute approximate surface area is 173 Å². The van der Waals surface area contributed by atoms with E-state index in [1.807, 2.05) is 22.6 Å². The fraction of sp³-hybridized carbons (Fsp3) is 0.318. The number of ether oxygens (including phenoxy) is 1. The molecule has 1 aromatic carbocycles. The third kappa shape index (κ3) is 3.18. The molecule has 154 valence electrons. The standard InChI is InChI=1S/C22H23FN6O/c1-13(28-8-7-16(24)12-28)15-4-6-21-26-27-22(29(21)11-15)18-5-3-14-9-17(23)20(30-2)10-19(14)25-18/h3-6,9-11,13,16H,7-8,12,24H2,1-2H3/t13-,16-/m0/s1. The normalized spacial score (nSPS) is 18.3. The molecule has 3 aromatic heterocycles. The second kappa shape index (κ2) is 7.30. The molecule has 0 aliphatic carbocycles. The maximum Gasteiger partial charge on any atom is 0.187 e. The molecule has 4 aromatic rings. The maximum absolute atomic E-state index is 14.0. The Balaban J connectivity index is 1.56. The molecule has 1 aliphatic rings. The van der Waals surface area contributed by atoms with Crippen molar-refractivity contribution in [3.63, 3.8) is 0 Å². The van der Waals surface area contributed by atoms with Crippen molar-refractivity contribution in [1.29, 1.82) is 0 Å². The van der Waals surface area contributed by atoms with Crippen LogP contribution in [0.15, 0.2) is 42.6 Å². The molecule has 0 unspecified atom stereocenters. The number of hydrogen-bond acceptors (Lipinski definition) is 6. The number of aromatic nitrogens is 4. The predicted octanol–water partition coefficient (Wildman–Crippen LogP) is 3.19. The number of methoxy groups -OCH3 is 1. The molecule has 7 nitrogen and oxygen atoms in total. The van der Waals surface area contributed by atoms with Crippen LogP contribution in [0.3, 0.4) is 0 Å². The molecule has 0 bridgehead atoms. The molecule has 4 heterocycles. The van der Waals surface area contributed by atoms with E-state index in [0.29, 0.717) is 22.4 Å². The summed E-state index contributed by atoms with van der Waals surface area (Å²) in [6.07, 6.45) is 3.09. The van der Waals surface area contributed by atoms with Crippen LogP contribution >= 0.6 is 0 Å². The Bertz CT molecular complexity index is 1240. The van der Waals surface area contributed by atoms with Crippen molar-refractivity contribution in [3.8, 4) is 17.3 Å². The van der Waals surface area contributed by atoms with E-state index in [1.54, 1.807) is 6.07 Å². The van der Waals surface area contributed by atoms with Gasteiger partial charge < -0.3 is 10.5 Å². The van der Waals surface area contributed by atoms with Crippen LogP contribution in [0.5, 0.6) is 5.75 Å². The van der Waals surface area contributed by atoms with E-state index in [9.17, 15) is 4.39 Å². The van der Waals surface area contributed by atoms with Gasteiger partial charge in [-0.2, -0.15) is 0 Å². The van der Waals surface area contributed by atoms with Crippen molar-refractivity contribution in [2.45, 2.75) is 25.4 Å². The first-order valence-corrected chi connectivity index (χ1v) is 10.0. The maximum atomic E-state index is 14.0. The SMILES string of the molecule is COc1cc2nc(-c3nnc4ccc([C@H](C)N5CC[C@H](N)C5)cn34)ccc2cc1F. The summed E-state index contributed by atoms with van der Waals surface area (Å²) in [7, 11) is 1.44. The predicted molar refractivity (Wildman–Crippen MR) is 113 cm³/mol. The van der Waals surface area contributed by atoms with Crippen LogP contribution < -0.4 is 10.5 Å². The first-order valence-electron chi connectivity index (χ1n) is 10.0. The van der Waals surface area contributed by atoms with E-state index < -0.39 is 5.82 Å².